The van der Waals surface area contributed by atoms with E-state index >= 15 is 0 Å². The second-order valence-electron chi connectivity index (χ2n) is 15.1. The molecule has 0 amide bonds. The SMILES string of the molecule is N#Cc1ccc(-c2ccc3c4c(ccc(-c5ccc(-c6cc(-c7ccccc7)nc(-c7cccc8oc9ccccc9c78)n6)c6ccccc56)c24)-c2ccccc2-3)cc1. The first kappa shape index (κ1) is 33.1. The van der Waals surface area contributed by atoms with Crippen LogP contribution in [0.15, 0.2) is 192 Å². The van der Waals surface area contributed by atoms with Crippen molar-refractivity contribution in [2.45, 2.75) is 0 Å². The molecule has 0 atom stereocenters. The van der Waals surface area contributed by atoms with Crippen LogP contribution < -0.4 is 0 Å². The van der Waals surface area contributed by atoms with Crippen molar-refractivity contribution in [2.24, 2.45) is 0 Å². The van der Waals surface area contributed by atoms with Gasteiger partial charge in [0.05, 0.1) is 23.0 Å². The number of para-hydroxylation sites is 1. The van der Waals surface area contributed by atoms with Gasteiger partial charge < -0.3 is 4.42 Å². The third kappa shape index (κ3) is 5.09. The van der Waals surface area contributed by atoms with E-state index in [9.17, 15) is 5.26 Å². The topological polar surface area (TPSA) is 62.7 Å². The summed E-state index contributed by atoms with van der Waals surface area (Å²) in [6.07, 6.45) is 0. The summed E-state index contributed by atoms with van der Waals surface area (Å²) in [6.45, 7) is 0. The van der Waals surface area contributed by atoms with E-state index < -0.39 is 0 Å². The molecule has 2 aromatic heterocycles. The molecule has 0 spiro atoms. The van der Waals surface area contributed by atoms with Gasteiger partial charge in [-0.05, 0) is 96.4 Å². The molecule has 272 valence electrons. The minimum absolute atomic E-state index is 0.644. The van der Waals surface area contributed by atoms with Crippen LogP contribution in [0.2, 0.25) is 0 Å². The molecular formula is C55H31N3O. The number of rotatable bonds is 5. The van der Waals surface area contributed by atoms with Crippen molar-refractivity contribution in [3.05, 3.63) is 194 Å². The molecule has 0 radical (unpaired) electrons. The molecule has 4 nitrogen and oxygen atoms in total. The van der Waals surface area contributed by atoms with Gasteiger partial charge in [0.15, 0.2) is 5.82 Å². The Balaban J connectivity index is 1.11. The summed E-state index contributed by atoms with van der Waals surface area (Å²) in [5.74, 6) is 0.644. The lowest BCUT2D eigenvalue weighted by molar-refractivity contribution is 0.669. The zero-order chi connectivity index (χ0) is 39.0. The fourth-order valence-electron chi connectivity index (χ4n) is 9.27. The first-order valence-electron chi connectivity index (χ1n) is 19.8. The van der Waals surface area contributed by atoms with Gasteiger partial charge in [-0.2, -0.15) is 5.26 Å². The maximum Gasteiger partial charge on any atom is 0.161 e. The van der Waals surface area contributed by atoms with Crippen molar-refractivity contribution in [1.29, 1.82) is 5.26 Å². The van der Waals surface area contributed by atoms with E-state index in [1.165, 1.54) is 33.0 Å². The summed E-state index contributed by atoms with van der Waals surface area (Å²) in [7, 11) is 0. The van der Waals surface area contributed by atoms with Crippen LogP contribution in [-0.2, 0) is 0 Å². The molecule has 11 aromatic rings. The molecule has 0 bridgehead atoms. The minimum atomic E-state index is 0.644. The predicted octanol–water partition coefficient (Wildman–Crippen LogP) is 14.5. The molecule has 0 saturated carbocycles. The van der Waals surface area contributed by atoms with Crippen LogP contribution in [0, 0.1) is 11.3 Å². The Labute approximate surface area is 339 Å². The van der Waals surface area contributed by atoms with Crippen LogP contribution in [0.5, 0.6) is 0 Å². The fourth-order valence-corrected chi connectivity index (χ4v) is 9.27. The Hall–Kier alpha value is -8.13. The van der Waals surface area contributed by atoms with Gasteiger partial charge in [0.2, 0.25) is 0 Å². The van der Waals surface area contributed by atoms with Crippen molar-refractivity contribution in [2.75, 3.05) is 0 Å². The smallest absolute Gasteiger partial charge is 0.161 e. The third-order valence-corrected chi connectivity index (χ3v) is 11.9. The first-order valence-corrected chi connectivity index (χ1v) is 19.8. The second-order valence-corrected chi connectivity index (χ2v) is 15.1. The van der Waals surface area contributed by atoms with Gasteiger partial charge in [0, 0.05) is 27.5 Å². The molecule has 0 saturated heterocycles. The summed E-state index contributed by atoms with van der Waals surface area (Å²) in [5.41, 5.74) is 16.5. The Morgan fingerprint density at radius 3 is 1.64 bits per heavy atom. The summed E-state index contributed by atoms with van der Waals surface area (Å²) in [6, 6.07) is 67.9. The molecule has 12 rings (SSSR count). The van der Waals surface area contributed by atoms with E-state index in [-0.39, 0.29) is 0 Å². The highest BCUT2D eigenvalue weighted by molar-refractivity contribution is 6.24. The van der Waals surface area contributed by atoms with Crippen molar-refractivity contribution >= 4 is 43.5 Å². The number of fused-ring (bicyclic) bond motifs is 7. The van der Waals surface area contributed by atoms with E-state index in [4.69, 9.17) is 14.4 Å². The Morgan fingerprint density at radius 1 is 0.356 bits per heavy atom. The summed E-state index contributed by atoms with van der Waals surface area (Å²) < 4.78 is 6.30. The van der Waals surface area contributed by atoms with Crippen molar-refractivity contribution in [1.82, 2.24) is 9.97 Å². The van der Waals surface area contributed by atoms with Crippen molar-refractivity contribution in [3.63, 3.8) is 0 Å². The first-order chi connectivity index (χ1) is 29.2. The van der Waals surface area contributed by atoms with E-state index in [1.807, 2.05) is 60.7 Å². The standard InChI is InChI=1S/C55H31N3O/c56-32-33-21-23-34(24-22-33)36-25-28-43-39-15-6-7-16-40(39)44-29-30-45(53(36)54(43)44)41-26-27-42(38-14-5-4-13-37(38)41)49-31-48(35-11-2-1-3-12-35)57-55(58-49)47-18-10-20-51-52(47)46-17-8-9-19-50(46)59-51/h1-31H. The predicted molar refractivity (Wildman–Crippen MR) is 241 cm³/mol. The lowest BCUT2D eigenvalue weighted by Crippen LogP contribution is -1.97. The van der Waals surface area contributed by atoms with Crippen molar-refractivity contribution in [3.8, 4) is 84.5 Å². The number of aromatic nitrogens is 2. The number of furan rings is 1. The van der Waals surface area contributed by atoms with Crippen LogP contribution in [0.3, 0.4) is 0 Å². The average Bonchev–Trinajstić information content (AvgIpc) is 3.86. The molecular weight excluding hydrogens is 719 g/mol. The second kappa shape index (κ2) is 13.0. The van der Waals surface area contributed by atoms with Crippen LogP contribution in [0.4, 0.5) is 0 Å². The molecule has 1 aliphatic carbocycles. The Morgan fingerprint density at radius 2 is 0.898 bits per heavy atom. The monoisotopic (exact) mass is 749 g/mol. The van der Waals surface area contributed by atoms with Crippen molar-refractivity contribution < 1.29 is 4.42 Å². The molecule has 59 heavy (non-hydrogen) atoms. The van der Waals surface area contributed by atoms with E-state index in [2.05, 4.69) is 133 Å². The number of benzene rings is 9. The average molecular weight is 750 g/mol. The molecule has 1 aliphatic rings. The molecule has 9 aromatic carbocycles. The third-order valence-electron chi connectivity index (χ3n) is 11.9. The van der Waals surface area contributed by atoms with Gasteiger partial charge in [0.1, 0.15) is 11.2 Å². The maximum atomic E-state index is 9.61. The highest BCUT2D eigenvalue weighted by atomic mass is 16.3. The van der Waals surface area contributed by atoms with Crippen LogP contribution in [0.25, 0.3) is 122 Å². The Bertz CT molecular complexity index is 3530. The molecule has 0 aliphatic heterocycles. The fraction of sp³-hybridized carbons (Fsp3) is 0. The number of hydrogen-bond acceptors (Lipinski definition) is 4. The number of nitrogens with zero attached hydrogens (tertiary/aromatic N) is 3. The largest absolute Gasteiger partial charge is 0.456 e. The highest BCUT2D eigenvalue weighted by Gasteiger charge is 2.26. The van der Waals surface area contributed by atoms with Gasteiger partial charge in [-0.3, -0.25) is 0 Å². The van der Waals surface area contributed by atoms with Gasteiger partial charge >= 0.3 is 0 Å². The van der Waals surface area contributed by atoms with Crippen LogP contribution >= 0.6 is 0 Å². The normalized spacial score (nSPS) is 11.7. The minimum Gasteiger partial charge on any atom is -0.456 e. The number of nitriles is 1. The number of hydrogen-bond donors (Lipinski definition) is 0. The molecule has 0 fully saturated rings. The van der Waals surface area contributed by atoms with E-state index in [0.29, 0.717) is 11.4 Å². The van der Waals surface area contributed by atoms with Gasteiger partial charge in [-0.25, -0.2) is 9.97 Å². The lowest BCUT2D eigenvalue weighted by Gasteiger charge is -2.18. The zero-order valence-corrected chi connectivity index (χ0v) is 31.6. The zero-order valence-electron chi connectivity index (χ0n) is 31.6. The molecule has 2 heterocycles. The van der Waals surface area contributed by atoms with Crippen LogP contribution in [0.1, 0.15) is 5.56 Å². The summed E-state index contributed by atoms with van der Waals surface area (Å²) >= 11 is 0. The molecule has 4 heteroatoms. The maximum absolute atomic E-state index is 9.61. The van der Waals surface area contributed by atoms with Gasteiger partial charge in [-0.1, -0.05) is 158 Å². The summed E-state index contributed by atoms with van der Waals surface area (Å²) in [5, 5.41) is 16.4. The van der Waals surface area contributed by atoms with Gasteiger partial charge in [-0.15, -0.1) is 0 Å². The van der Waals surface area contributed by atoms with Crippen LogP contribution in [-0.4, -0.2) is 9.97 Å². The lowest BCUT2D eigenvalue weighted by atomic mass is 9.86. The van der Waals surface area contributed by atoms with E-state index in [1.54, 1.807) is 0 Å². The van der Waals surface area contributed by atoms with E-state index in [0.717, 1.165) is 83.0 Å². The highest BCUT2D eigenvalue weighted by Crippen LogP contribution is 2.53. The molecule has 0 unspecified atom stereocenters. The summed E-state index contributed by atoms with van der Waals surface area (Å²) in [4.78, 5) is 10.6. The van der Waals surface area contributed by atoms with Gasteiger partial charge in [0.25, 0.3) is 0 Å². The Kier molecular flexibility index (Phi) is 7.26. The quantitative estimate of drug-likeness (QED) is 0.176. The molecule has 0 N–H and O–H groups in total.